The smallest absolute Gasteiger partial charge is 0.407 e. The lowest BCUT2D eigenvalue weighted by Gasteiger charge is -2.39. The molecule has 2 aliphatic rings. The van der Waals surface area contributed by atoms with Crippen molar-refractivity contribution in [2.24, 2.45) is 11.7 Å². The van der Waals surface area contributed by atoms with Gasteiger partial charge in [0.2, 0.25) is 0 Å². The highest BCUT2D eigenvalue weighted by atomic mass is 16.6. The maximum Gasteiger partial charge on any atom is 0.407 e. The second kappa shape index (κ2) is 10.3. The molecule has 0 unspecified atom stereocenters. The molecule has 0 aliphatic heterocycles. The van der Waals surface area contributed by atoms with Crippen molar-refractivity contribution in [3.05, 3.63) is 0 Å². The number of primary amides is 1. The minimum Gasteiger partial charge on any atom is -0.446 e. The number of hydrogen-bond donors (Lipinski definition) is 2. The molecule has 2 fully saturated rings. The van der Waals surface area contributed by atoms with E-state index in [2.05, 4.69) is 17.1 Å². The van der Waals surface area contributed by atoms with Crippen LogP contribution in [0.15, 0.2) is 0 Å². The Morgan fingerprint density at radius 1 is 1.04 bits per heavy atom. The molecule has 0 radical (unpaired) electrons. The number of carbonyl (C=O) groups is 2. The Labute approximate surface area is 169 Å². The molecule has 0 spiro atoms. The number of alkyl carbamates (subject to hydrolysis) is 1. The second-order valence-electron chi connectivity index (χ2n) is 9.32. The molecule has 0 saturated heterocycles. The van der Waals surface area contributed by atoms with Crippen LogP contribution in [0.4, 0.5) is 9.59 Å². The fourth-order valence-corrected chi connectivity index (χ4v) is 4.52. The fraction of sp³-hybridized carbons (Fsp3) is 0.905. The lowest BCUT2D eigenvalue weighted by molar-refractivity contribution is 0.0447. The first-order valence-electron chi connectivity index (χ1n) is 10.9. The van der Waals surface area contributed by atoms with Crippen LogP contribution in [0.1, 0.15) is 79.1 Å². The van der Waals surface area contributed by atoms with Gasteiger partial charge in [0.05, 0.1) is 0 Å². The molecule has 0 bridgehead atoms. The monoisotopic (exact) mass is 397 g/mol. The van der Waals surface area contributed by atoms with E-state index in [4.69, 9.17) is 15.2 Å². The van der Waals surface area contributed by atoms with Crippen LogP contribution in [-0.4, -0.2) is 54.0 Å². The van der Waals surface area contributed by atoms with E-state index in [-0.39, 0.29) is 18.2 Å². The summed E-state index contributed by atoms with van der Waals surface area (Å²) < 4.78 is 10.5. The maximum absolute atomic E-state index is 12.0. The molecule has 2 saturated carbocycles. The summed E-state index contributed by atoms with van der Waals surface area (Å²) in [5.74, 6) is 0.658. The van der Waals surface area contributed by atoms with E-state index in [0.29, 0.717) is 12.0 Å². The number of hydrogen-bond acceptors (Lipinski definition) is 5. The van der Waals surface area contributed by atoms with Gasteiger partial charge in [0, 0.05) is 18.6 Å². The minimum absolute atomic E-state index is 0.00167. The Morgan fingerprint density at radius 3 is 2.14 bits per heavy atom. The summed E-state index contributed by atoms with van der Waals surface area (Å²) in [7, 11) is 0. The van der Waals surface area contributed by atoms with Crippen LogP contribution >= 0.6 is 0 Å². The molecular formula is C21H39N3O4. The molecule has 7 nitrogen and oxygen atoms in total. The van der Waals surface area contributed by atoms with Crippen molar-refractivity contribution in [1.29, 1.82) is 0 Å². The first kappa shape index (κ1) is 22.8. The van der Waals surface area contributed by atoms with E-state index in [9.17, 15) is 9.59 Å². The first-order valence-corrected chi connectivity index (χ1v) is 10.9. The molecule has 2 rings (SSSR count). The summed E-state index contributed by atoms with van der Waals surface area (Å²) in [6, 6.07) is 0.799. The van der Waals surface area contributed by atoms with Crippen molar-refractivity contribution in [3.8, 4) is 0 Å². The Morgan fingerprint density at radius 2 is 1.64 bits per heavy atom. The summed E-state index contributed by atoms with van der Waals surface area (Å²) in [6.45, 7) is 10.0. The van der Waals surface area contributed by atoms with Gasteiger partial charge < -0.3 is 25.4 Å². The average molecular weight is 398 g/mol. The number of ether oxygens (including phenoxy) is 2. The molecule has 0 heterocycles. The normalized spacial score (nSPS) is 28.6. The van der Waals surface area contributed by atoms with Crippen LogP contribution in [0.2, 0.25) is 0 Å². The molecule has 0 aromatic heterocycles. The lowest BCUT2D eigenvalue weighted by Crippen LogP contribution is -2.46. The van der Waals surface area contributed by atoms with Gasteiger partial charge in [-0.2, -0.15) is 0 Å². The predicted octanol–water partition coefficient (Wildman–Crippen LogP) is 3.80. The van der Waals surface area contributed by atoms with Crippen LogP contribution in [0.3, 0.4) is 0 Å². The van der Waals surface area contributed by atoms with E-state index in [1.165, 1.54) is 0 Å². The number of nitrogens with zero attached hydrogens (tertiary/aromatic N) is 1. The van der Waals surface area contributed by atoms with Crippen LogP contribution in [0.5, 0.6) is 0 Å². The highest BCUT2D eigenvalue weighted by Gasteiger charge is 2.30. The van der Waals surface area contributed by atoms with Crippen molar-refractivity contribution >= 4 is 12.2 Å². The summed E-state index contributed by atoms with van der Waals surface area (Å²) in [6.07, 6.45) is 7.25. The molecule has 7 heteroatoms. The van der Waals surface area contributed by atoms with E-state index < -0.39 is 11.7 Å². The average Bonchev–Trinajstić information content (AvgIpc) is 2.60. The Hall–Kier alpha value is -1.50. The number of rotatable bonds is 6. The van der Waals surface area contributed by atoms with Crippen molar-refractivity contribution < 1.29 is 19.1 Å². The van der Waals surface area contributed by atoms with Gasteiger partial charge in [-0.15, -0.1) is 0 Å². The molecule has 0 atom stereocenters. The zero-order valence-electron chi connectivity index (χ0n) is 18.0. The molecule has 3 N–H and O–H groups in total. The van der Waals surface area contributed by atoms with Gasteiger partial charge in [0.25, 0.3) is 0 Å². The van der Waals surface area contributed by atoms with E-state index in [0.717, 1.165) is 64.5 Å². The van der Waals surface area contributed by atoms with Crippen molar-refractivity contribution in [1.82, 2.24) is 10.2 Å². The highest BCUT2D eigenvalue weighted by Crippen LogP contribution is 2.30. The molecule has 2 amide bonds. The van der Waals surface area contributed by atoms with Crippen LogP contribution in [0.25, 0.3) is 0 Å². The number of amides is 2. The van der Waals surface area contributed by atoms with Gasteiger partial charge in [-0.25, -0.2) is 9.59 Å². The van der Waals surface area contributed by atoms with Gasteiger partial charge in [-0.05, 0) is 84.6 Å². The summed E-state index contributed by atoms with van der Waals surface area (Å²) in [5, 5.41) is 3.02. The molecule has 28 heavy (non-hydrogen) atoms. The molecule has 2 aliphatic carbocycles. The van der Waals surface area contributed by atoms with Crippen molar-refractivity contribution in [2.45, 2.75) is 103 Å². The van der Waals surface area contributed by atoms with Gasteiger partial charge >= 0.3 is 12.2 Å². The zero-order valence-corrected chi connectivity index (χ0v) is 18.0. The lowest BCUT2D eigenvalue weighted by atomic mass is 9.85. The SMILES string of the molecule is CCN(C[C@H]1CC[C@H](OC(N)=O)CC1)[C@H]1CC[C@H](NC(=O)OC(C)(C)C)CC1. The number of nitrogens with two attached hydrogens (primary N) is 1. The third kappa shape index (κ3) is 7.86. The molecule has 0 aromatic rings. The molecular weight excluding hydrogens is 358 g/mol. The summed E-state index contributed by atoms with van der Waals surface area (Å²) in [5.41, 5.74) is 4.67. The second-order valence-corrected chi connectivity index (χ2v) is 9.32. The largest absolute Gasteiger partial charge is 0.446 e. The van der Waals surface area contributed by atoms with Crippen molar-refractivity contribution in [3.63, 3.8) is 0 Å². The van der Waals surface area contributed by atoms with E-state index >= 15 is 0 Å². The zero-order chi connectivity index (χ0) is 20.7. The molecule has 0 aromatic carbocycles. The fourth-order valence-electron chi connectivity index (χ4n) is 4.52. The third-order valence-corrected chi connectivity index (χ3v) is 5.91. The van der Waals surface area contributed by atoms with Crippen LogP contribution in [-0.2, 0) is 9.47 Å². The number of nitrogens with one attached hydrogen (secondary N) is 1. The van der Waals surface area contributed by atoms with E-state index in [1.807, 2.05) is 20.8 Å². The van der Waals surface area contributed by atoms with Gasteiger partial charge in [-0.3, -0.25) is 0 Å². The summed E-state index contributed by atoms with van der Waals surface area (Å²) in [4.78, 5) is 25.5. The Balaban J connectivity index is 1.72. The minimum atomic E-state index is -0.657. The van der Waals surface area contributed by atoms with Gasteiger partial charge in [0.1, 0.15) is 11.7 Å². The Kier molecular flexibility index (Phi) is 8.40. The first-order chi connectivity index (χ1) is 13.2. The number of carbonyl (C=O) groups excluding carboxylic acids is 2. The van der Waals surface area contributed by atoms with Gasteiger partial charge in [0.15, 0.2) is 0 Å². The van der Waals surface area contributed by atoms with Crippen LogP contribution < -0.4 is 11.1 Å². The molecule has 162 valence electrons. The predicted molar refractivity (Wildman–Crippen MR) is 109 cm³/mol. The third-order valence-electron chi connectivity index (χ3n) is 5.91. The maximum atomic E-state index is 12.0. The Bertz CT molecular complexity index is 504. The standard InChI is InChI=1S/C21H39N3O4/c1-5-24(14-15-6-12-18(13-7-15)27-19(22)25)17-10-8-16(9-11-17)23-20(26)28-21(2,3)4/h15-18H,5-14H2,1-4H3,(H2,22,25)(H,23,26)/t15-,16-,17-,18-. The summed E-state index contributed by atoms with van der Waals surface area (Å²) >= 11 is 0. The van der Waals surface area contributed by atoms with Gasteiger partial charge in [-0.1, -0.05) is 6.92 Å². The van der Waals surface area contributed by atoms with E-state index in [1.54, 1.807) is 0 Å². The van der Waals surface area contributed by atoms with Crippen molar-refractivity contribution in [2.75, 3.05) is 13.1 Å². The highest BCUT2D eigenvalue weighted by molar-refractivity contribution is 5.68. The van der Waals surface area contributed by atoms with Crippen LogP contribution in [0, 0.1) is 5.92 Å². The topological polar surface area (TPSA) is 93.9 Å². The quantitative estimate of drug-likeness (QED) is 0.711.